The van der Waals surface area contributed by atoms with E-state index >= 15 is 0 Å². The van der Waals surface area contributed by atoms with Gasteiger partial charge in [-0.1, -0.05) is 13.5 Å². The third-order valence-corrected chi connectivity index (χ3v) is 1.19. The molecule has 0 saturated heterocycles. The predicted octanol–water partition coefficient (Wildman–Crippen LogP) is 0.714. The van der Waals surface area contributed by atoms with Gasteiger partial charge < -0.3 is 10.1 Å². The summed E-state index contributed by atoms with van der Waals surface area (Å²) >= 11 is 0. The molecule has 0 aromatic heterocycles. The molecule has 0 rings (SSSR count). The number of hydrogen-bond acceptors (Lipinski definition) is 3. The van der Waals surface area contributed by atoms with Gasteiger partial charge in [0.2, 0.25) is 0 Å². The van der Waals surface area contributed by atoms with E-state index in [2.05, 4.69) is 11.9 Å². The van der Waals surface area contributed by atoms with Crippen LogP contribution in [0.4, 0.5) is 0 Å². The zero-order chi connectivity index (χ0) is 8.69. The van der Waals surface area contributed by atoms with Crippen molar-refractivity contribution in [2.45, 2.75) is 19.9 Å². The van der Waals surface area contributed by atoms with Gasteiger partial charge in [0.1, 0.15) is 6.61 Å². The largest absolute Gasteiger partial charge is 0.461 e. The van der Waals surface area contributed by atoms with Crippen LogP contribution in [0.5, 0.6) is 0 Å². The van der Waals surface area contributed by atoms with Crippen molar-refractivity contribution in [1.82, 2.24) is 5.32 Å². The molecule has 0 radical (unpaired) electrons. The minimum absolute atomic E-state index is 0.212. The number of nitrogens with one attached hydrogen (secondary N) is 1. The summed E-state index contributed by atoms with van der Waals surface area (Å²) in [6.45, 7) is 8.54. The Morgan fingerprint density at radius 1 is 1.82 bits per heavy atom. The molecule has 0 aliphatic rings. The second-order valence-electron chi connectivity index (χ2n) is 2.29. The smallest absolute Gasteiger partial charge is 0.330 e. The molecular weight excluding hydrogens is 142 g/mol. The van der Waals surface area contributed by atoms with Crippen LogP contribution >= 0.6 is 0 Å². The molecule has 0 bridgehead atoms. The Kier molecular flexibility index (Phi) is 5.47. The van der Waals surface area contributed by atoms with E-state index in [0.29, 0.717) is 6.61 Å². The lowest BCUT2D eigenvalue weighted by molar-refractivity contribution is -0.138. The molecule has 0 aromatic carbocycles. The van der Waals surface area contributed by atoms with Crippen molar-refractivity contribution >= 4 is 5.97 Å². The summed E-state index contributed by atoms with van der Waals surface area (Å²) in [6, 6.07) is 0.212. The highest BCUT2D eigenvalue weighted by Gasteiger charge is 2.01. The molecule has 1 atom stereocenters. The van der Waals surface area contributed by atoms with Crippen molar-refractivity contribution in [3.63, 3.8) is 0 Å². The standard InChI is InChI=1S/C8H15NO2/c1-4-8(10)11-6-7(3)9-5-2/h4,7,9H,1,5-6H2,2-3H3. The van der Waals surface area contributed by atoms with Gasteiger partial charge in [-0.3, -0.25) is 0 Å². The summed E-state index contributed by atoms with van der Waals surface area (Å²) in [5, 5.41) is 3.11. The lowest BCUT2D eigenvalue weighted by Crippen LogP contribution is -2.30. The van der Waals surface area contributed by atoms with Crippen LogP contribution in [-0.2, 0) is 9.53 Å². The first kappa shape index (κ1) is 10.2. The Bertz CT molecular complexity index is 134. The highest BCUT2D eigenvalue weighted by atomic mass is 16.5. The first-order chi connectivity index (χ1) is 5.20. The zero-order valence-corrected chi connectivity index (χ0v) is 7.09. The number of likely N-dealkylation sites (N-methyl/N-ethyl adjacent to an activating group) is 1. The average Bonchev–Trinajstić information content (AvgIpc) is 2.01. The van der Waals surface area contributed by atoms with Crippen molar-refractivity contribution < 1.29 is 9.53 Å². The monoisotopic (exact) mass is 157 g/mol. The van der Waals surface area contributed by atoms with E-state index in [1.165, 1.54) is 6.08 Å². The molecule has 64 valence electrons. The molecule has 0 spiro atoms. The summed E-state index contributed by atoms with van der Waals surface area (Å²) in [5.74, 6) is -0.366. The van der Waals surface area contributed by atoms with Crippen LogP contribution in [0, 0.1) is 0 Å². The molecule has 0 amide bonds. The highest BCUT2D eigenvalue weighted by Crippen LogP contribution is 1.85. The van der Waals surface area contributed by atoms with Crippen molar-refractivity contribution in [2.24, 2.45) is 0 Å². The number of esters is 1. The van der Waals surface area contributed by atoms with Gasteiger partial charge in [-0.25, -0.2) is 4.79 Å². The first-order valence-corrected chi connectivity index (χ1v) is 3.73. The van der Waals surface area contributed by atoms with Crippen LogP contribution < -0.4 is 5.32 Å². The van der Waals surface area contributed by atoms with Crippen molar-refractivity contribution in [3.8, 4) is 0 Å². The second-order valence-corrected chi connectivity index (χ2v) is 2.29. The normalized spacial score (nSPS) is 12.2. The van der Waals surface area contributed by atoms with Gasteiger partial charge in [-0.05, 0) is 13.5 Å². The Morgan fingerprint density at radius 3 is 2.91 bits per heavy atom. The lowest BCUT2D eigenvalue weighted by Gasteiger charge is -2.10. The fourth-order valence-electron chi connectivity index (χ4n) is 0.673. The minimum Gasteiger partial charge on any atom is -0.461 e. The van der Waals surface area contributed by atoms with Gasteiger partial charge in [0.05, 0.1) is 0 Å². The number of hydrogen-bond donors (Lipinski definition) is 1. The van der Waals surface area contributed by atoms with Gasteiger partial charge in [-0.15, -0.1) is 0 Å². The van der Waals surface area contributed by atoms with E-state index < -0.39 is 0 Å². The quantitative estimate of drug-likeness (QED) is 0.472. The fraction of sp³-hybridized carbons (Fsp3) is 0.625. The van der Waals surface area contributed by atoms with E-state index in [-0.39, 0.29) is 12.0 Å². The Hall–Kier alpha value is -0.830. The molecule has 0 saturated carbocycles. The van der Waals surface area contributed by atoms with Gasteiger partial charge >= 0.3 is 5.97 Å². The molecule has 0 aliphatic carbocycles. The van der Waals surface area contributed by atoms with E-state index in [1.54, 1.807) is 0 Å². The van der Waals surface area contributed by atoms with E-state index in [0.717, 1.165) is 6.54 Å². The zero-order valence-electron chi connectivity index (χ0n) is 7.09. The third-order valence-electron chi connectivity index (χ3n) is 1.19. The third kappa shape index (κ3) is 5.61. The molecule has 11 heavy (non-hydrogen) atoms. The van der Waals surface area contributed by atoms with Crippen LogP contribution in [0.15, 0.2) is 12.7 Å². The molecule has 0 heterocycles. The van der Waals surface area contributed by atoms with Crippen molar-refractivity contribution in [2.75, 3.05) is 13.2 Å². The van der Waals surface area contributed by atoms with Gasteiger partial charge in [-0.2, -0.15) is 0 Å². The lowest BCUT2D eigenvalue weighted by atomic mass is 10.3. The predicted molar refractivity (Wildman–Crippen MR) is 44.3 cm³/mol. The second kappa shape index (κ2) is 5.92. The minimum atomic E-state index is -0.366. The number of ether oxygens (including phenoxy) is 1. The van der Waals surface area contributed by atoms with E-state index in [1.807, 2.05) is 13.8 Å². The Balaban J connectivity index is 3.37. The number of carbonyl (C=O) groups excluding carboxylic acids is 1. The maximum Gasteiger partial charge on any atom is 0.330 e. The summed E-state index contributed by atoms with van der Waals surface area (Å²) in [6.07, 6.45) is 1.17. The first-order valence-electron chi connectivity index (χ1n) is 3.73. The fourth-order valence-corrected chi connectivity index (χ4v) is 0.673. The molecule has 1 unspecified atom stereocenters. The Morgan fingerprint density at radius 2 is 2.45 bits per heavy atom. The summed E-state index contributed by atoms with van der Waals surface area (Å²) < 4.78 is 4.79. The molecule has 3 nitrogen and oxygen atoms in total. The van der Waals surface area contributed by atoms with E-state index in [9.17, 15) is 4.79 Å². The molecule has 0 aromatic rings. The summed E-state index contributed by atoms with van der Waals surface area (Å²) in [7, 11) is 0. The highest BCUT2D eigenvalue weighted by molar-refractivity contribution is 5.81. The van der Waals surface area contributed by atoms with Crippen LogP contribution in [0.2, 0.25) is 0 Å². The van der Waals surface area contributed by atoms with Crippen LogP contribution in [0.1, 0.15) is 13.8 Å². The van der Waals surface area contributed by atoms with Crippen LogP contribution in [-0.4, -0.2) is 25.2 Å². The molecular formula is C8H15NO2. The molecule has 3 heteroatoms. The van der Waals surface area contributed by atoms with Crippen LogP contribution in [0.25, 0.3) is 0 Å². The van der Waals surface area contributed by atoms with Crippen molar-refractivity contribution in [3.05, 3.63) is 12.7 Å². The topological polar surface area (TPSA) is 38.3 Å². The molecule has 0 aliphatic heterocycles. The Labute approximate surface area is 67.4 Å². The molecule has 1 N–H and O–H groups in total. The van der Waals surface area contributed by atoms with Gasteiger partial charge in [0.15, 0.2) is 0 Å². The van der Waals surface area contributed by atoms with Crippen LogP contribution in [0.3, 0.4) is 0 Å². The number of rotatable bonds is 5. The van der Waals surface area contributed by atoms with Crippen molar-refractivity contribution in [1.29, 1.82) is 0 Å². The van der Waals surface area contributed by atoms with Gasteiger partial charge in [0.25, 0.3) is 0 Å². The summed E-state index contributed by atoms with van der Waals surface area (Å²) in [4.78, 5) is 10.6. The van der Waals surface area contributed by atoms with E-state index in [4.69, 9.17) is 4.74 Å². The maximum atomic E-state index is 10.6. The number of carbonyl (C=O) groups is 1. The average molecular weight is 157 g/mol. The maximum absolute atomic E-state index is 10.6. The summed E-state index contributed by atoms with van der Waals surface area (Å²) in [5.41, 5.74) is 0. The molecule has 0 fully saturated rings. The van der Waals surface area contributed by atoms with Gasteiger partial charge in [0, 0.05) is 12.1 Å². The SMILES string of the molecule is C=CC(=O)OCC(C)NCC.